The molecule has 1 N–H and O–H groups in total. The zero-order valence-corrected chi connectivity index (χ0v) is 9.42. The first-order chi connectivity index (χ1) is 5.97. The summed E-state index contributed by atoms with van der Waals surface area (Å²) in [5.74, 6) is 0. The lowest BCUT2D eigenvalue weighted by Gasteiger charge is -2.15. The van der Waals surface area contributed by atoms with E-state index in [9.17, 15) is 0 Å². The first-order valence-corrected chi connectivity index (χ1v) is 4.98. The molecule has 0 unspecified atom stereocenters. The molecule has 0 aliphatic heterocycles. The summed E-state index contributed by atoms with van der Waals surface area (Å²) in [5.41, 5.74) is 1.09. The van der Waals surface area contributed by atoms with Crippen molar-refractivity contribution in [2.75, 3.05) is 0 Å². The van der Waals surface area contributed by atoms with Crippen LogP contribution in [-0.2, 0) is 6.54 Å². The van der Waals surface area contributed by atoms with Gasteiger partial charge in [-0.15, -0.1) is 0 Å². The molecule has 0 aromatic heterocycles. The van der Waals surface area contributed by atoms with E-state index in [1.807, 2.05) is 24.3 Å². The Bertz CT molecular complexity index is 263. The van der Waals surface area contributed by atoms with Crippen LogP contribution in [0.15, 0.2) is 24.3 Å². The van der Waals surface area contributed by atoms with Gasteiger partial charge >= 0.3 is 0 Å². The van der Waals surface area contributed by atoms with Crippen molar-refractivity contribution in [3.05, 3.63) is 34.9 Å². The molecule has 0 aliphatic rings. The van der Waals surface area contributed by atoms with Crippen molar-refractivity contribution < 1.29 is 0 Å². The van der Waals surface area contributed by atoms with Crippen LogP contribution in [0.3, 0.4) is 0 Å². The van der Waals surface area contributed by atoms with E-state index >= 15 is 0 Å². The van der Waals surface area contributed by atoms with Gasteiger partial charge in [0.15, 0.2) is 4.46 Å². The summed E-state index contributed by atoms with van der Waals surface area (Å²) < 4.78 is -0.889. The largest absolute Gasteiger partial charge is 0.282 e. The quantitative estimate of drug-likeness (QED) is 0.627. The molecule has 13 heavy (non-hydrogen) atoms. The first-order valence-electron chi connectivity index (χ1n) is 3.85. The number of nitrogens with one attached hydrogen (secondary N) is 1. The summed E-state index contributed by atoms with van der Waals surface area (Å²) >= 11 is 17.2. The number of hydrogen-bond donors (Lipinski definition) is 1. The van der Waals surface area contributed by atoms with Crippen LogP contribution in [0, 0.1) is 0 Å². The number of alkyl halides is 2. The third-order valence-corrected chi connectivity index (χ3v) is 2.04. The molecule has 0 radical (unpaired) electrons. The van der Waals surface area contributed by atoms with E-state index in [0.717, 1.165) is 10.6 Å². The van der Waals surface area contributed by atoms with Crippen LogP contribution in [-0.4, -0.2) is 4.46 Å². The summed E-state index contributed by atoms with van der Waals surface area (Å²) in [6.07, 6.45) is 0. The fourth-order valence-corrected chi connectivity index (χ4v) is 1.12. The van der Waals surface area contributed by atoms with Gasteiger partial charge in [-0.25, -0.2) is 0 Å². The Hall–Kier alpha value is 0.0500. The summed E-state index contributed by atoms with van der Waals surface area (Å²) in [5, 5.41) is 3.67. The molecule has 1 rings (SSSR count). The Morgan fingerprint density at radius 3 is 2.23 bits per heavy atom. The van der Waals surface area contributed by atoms with E-state index < -0.39 is 4.46 Å². The van der Waals surface area contributed by atoms with Gasteiger partial charge in [0.25, 0.3) is 0 Å². The van der Waals surface area contributed by atoms with Gasteiger partial charge in [-0.2, -0.15) is 0 Å². The normalized spacial score (nSPS) is 11.7. The maximum atomic E-state index is 5.74. The summed E-state index contributed by atoms with van der Waals surface area (Å²) in [7, 11) is 0. The third kappa shape index (κ3) is 4.72. The van der Waals surface area contributed by atoms with Crippen LogP contribution in [0.25, 0.3) is 0 Å². The van der Waals surface area contributed by atoms with Gasteiger partial charge in [-0.05, 0) is 24.6 Å². The maximum absolute atomic E-state index is 5.74. The van der Waals surface area contributed by atoms with Crippen LogP contribution in [0.4, 0.5) is 0 Å². The second kappa shape index (κ2) is 4.52. The molecule has 0 saturated carbocycles. The molecule has 0 heterocycles. The molecule has 1 aromatic rings. The molecule has 0 spiro atoms. The molecule has 0 atom stereocenters. The van der Waals surface area contributed by atoms with Gasteiger partial charge < -0.3 is 0 Å². The second-order valence-electron chi connectivity index (χ2n) is 2.87. The van der Waals surface area contributed by atoms with Gasteiger partial charge in [0.1, 0.15) is 0 Å². The van der Waals surface area contributed by atoms with Crippen LogP contribution in [0.5, 0.6) is 0 Å². The minimum absolute atomic E-state index is 0.626. The van der Waals surface area contributed by atoms with Crippen molar-refractivity contribution >= 4 is 34.8 Å². The molecule has 0 bridgehead atoms. The zero-order chi connectivity index (χ0) is 9.90. The Kier molecular flexibility index (Phi) is 3.87. The molecule has 4 heteroatoms. The van der Waals surface area contributed by atoms with Crippen molar-refractivity contribution in [3.63, 3.8) is 0 Å². The average Bonchev–Trinajstić information content (AvgIpc) is 2.02. The fourth-order valence-electron chi connectivity index (χ4n) is 0.860. The zero-order valence-electron chi connectivity index (χ0n) is 7.15. The van der Waals surface area contributed by atoms with Gasteiger partial charge in [-0.3, -0.25) is 5.32 Å². The monoisotopic (exact) mass is 237 g/mol. The molecular formula is C9H10Cl3N. The highest BCUT2D eigenvalue weighted by molar-refractivity contribution is 6.47. The van der Waals surface area contributed by atoms with Crippen LogP contribution < -0.4 is 5.32 Å². The molecule has 0 saturated heterocycles. The van der Waals surface area contributed by atoms with Crippen molar-refractivity contribution in [3.8, 4) is 0 Å². The Morgan fingerprint density at radius 1 is 1.23 bits per heavy atom. The highest BCUT2D eigenvalue weighted by Gasteiger charge is 2.13. The molecule has 0 aliphatic carbocycles. The van der Waals surface area contributed by atoms with E-state index in [1.165, 1.54) is 0 Å². The van der Waals surface area contributed by atoms with Gasteiger partial charge in [0, 0.05) is 11.6 Å². The van der Waals surface area contributed by atoms with Crippen molar-refractivity contribution in [2.45, 2.75) is 17.9 Å². The molecule has 0 amide bonds. The number of halogens is 3. The molecule has 1 nitrogen and oxygen atoms in total. The topological polar surface area (TPSA) is 12.0 Å². The van der Waals surface area contributed by atoms with E-state index in [4.69, 9.17) is 34.8 Å². The standard InChI is InChI=1S/C9H10Cl3N/c1-9(11,12)13-6-7-2-4-8(10)5-3-7/h2-5,13H,6H2,1H3. The van der Waals surface area contributed by atoms with Gasteiger partial charge in [0.2, 0.25) is 0 Å². The third-order valence-electron chi connectivity index (χ3n) is 1.52. The predicted octanol–water partition coefficient (Wildman–Crippen LogP) is 3.58. The van der Waals surface area contributed by atoms with Crippen molar-refractivity contribution in [1.82, 2.24) is 5.32 Å². The first kappa shape index (κ1) is 11.1. The minimum Gasteiger partial charge on any atom is -0.282 e. The predicted molar refractivity (Wildman–Crippen MR) is 58.4 cm³/mol. The van der Waals surface area contributed by atoms with Gasteiger partial charge in [0.05, 0.1) is 0 Å². The van der Waals surface area contributed by atoms with Crippen LogP contribution in [0.1, 0.15) is 12.5 Å². The van der Waals surface area contributed by atoms with Gasteiger partial charge in [-0.1, -0.05) is 46.9 Å². The Morgan fingerprint density at radius 2 is 1.77 bits per heavy atom. The lowest BCUT2D eigenvalue weighted by atomic mass is 10.2. The summed E-state index contributed by atoms with van der Waals surface area (Å²) in [6.45, 7) is 2.31. The number of rotatable bonds is 3. The molecule has 1 aromatic carbocycles. The maximum Gasteiger partial charge on any atom is 0.166 e. The fraction of sp³-hybridized carbons (Fsp3) is 0.333. The lowest BCUT2D eigenvalue weighted by molar-refractivity contribution is 0.630. The highest BCUT2D eigenvalue weighted by Crippen LogP contribution is 2.16. The average molecular weight is 239 g/mol. The smallest absolute Gasteiger partial charge is 0.166 e. The number of benzene rings is 1. The Balaban J connectivity index is 2.51. The lowest BCUT2D eigenvalue weighted by Crippen LogP contribution is -2.29. The molecular weight excluding hydrogens is 228 g/mol. The Labute approximate surface area is 93.0 Å². The second-order valence-corrected chi connectivity index (χ2v) is 5.01. The molecule has 0 fully saturated rings. The summed E-state index contributed by atoms with van der Waals surface area (Å²) in [4.78, 5) is 0. The van der Waals surface area contributed by atoms with Crippen LogP contribution >= 0.6 is 34.8 Å². The van der Waals surface area contributed by atoms with E-state index in [1.54, 1.807) is 6.92 Å². The molecule has 72 valence electrons. The van der Waals surface area contributed by atoms with E-state index in [-0.39, 0.29) is 0 Å². The van der Waals surface area contributed by atoms with Crippen molar-refractivity contribution in [2.24, 2.45) is 0 Å². The van der Waals surface area contributed by atoms with Crippen molar-refractivity contribution in [1.29, 1.82) is 0 Å². The minimum atomic E-state index is -0.889. The van der Waals surface area contributed by atoms with E-state index in [2.05, 4.69) is 5.32 Å². The van der Waals surface area contributed by atoms with E-state index in [0.29, 0.717) is 6.54 Å². The highest BCUT2D eigenvalue weighted by atomic mass is 35.5. The SMILES string of the molecule is CC(Cl)(Cl)NCc1ccc(Cl)cc1. The summed E-state index contributed by atoms with van der Waals surface area (Å²) in [6, 6.07) is 7.51. The van der Waals surface area contributed by atoms with Crippen LogP contribution in [0.2, 0.25) is 5.02 Å². The number of hydrogen-bond acceptors (Lipinski definition) is 1.